The second kappa shape index (κ2) is 4.79. The number of nitrogens with one attached hydrogen (secondary N) is 1. The summed E-state index contributed by atoms with van der Waals surface area (Å²) < 4.78 is 2.35. The molecule has 1 N–H and O–H groups in total. The Morgan fingerprint density at radius 3 is 3.00 bits per heavy atom. The molecule has 84 valence electrons. The Morgan fingerprint density at radius 1 is 1.53 bits per heavy atom. The van der Waals surface area contributed by atoms with E-state index in [2.05, 4.69) is 28.7 Å². The maximum atomic E-state index is 4.39. The smallest absolute Gasteiger partial charge is 0.105 e. The molecule has 1 aromatic heterocycles. The molecule has 0 radical (unpaired) electrons. The Morgan fingerprint density at radius 2 is 2.33 bits per heavy atom. The number of unbranched alkanes of at least 4 members (excludes halogenated alkanes) is 1. The van der Waals surface area contributed by atoms with Crippen molar-refractivity contribution in [1.82, 2.24) is 14.9 Å². The fourth-order valence-corrected chi connectivity index (χ4v) is 1.81. The van der Waals surface area contributed by atoms with E-state index in [-0.39, 0.29) is 0 Å². The van der Waals surface area contributed by atoms with Gasteiger partial charge in [-0.3, -0.25) is 0 Å². The third-order valence-corrected chi connectivity index (χ3v) is 3.02. The molecule has 1 fully saturated rings. The van der Waals surface area contributed by atoms with Gasteiger partial charge in [0.05, 0.1) is 5.69 Å². The molecule has 0 spiro atoms. The molecule has 0 saturated heterocycles. The van der Waals surface area contributed by atoms with Crippen molar-refractivity contribution in [2.75, 3.05) is 0 Å². The number of imidazole rings is 1. The lowest BCUT2D eigenvalue weighted by atomic mass is 10.3. The molecule has 15 heavy (non-hydrogen) atoms. The Hall–Kier alpha value is -0.830. The summed E-state index contributed by atoms with van der Waals surface area (Å²) in [4.78, 5) is 4.39. The van der Waals surface area contributed by atoms with Gasteiger partial charge in [0.2, 0.25) is 0 Å². The van der Waals surface area contributed by atoms with Gasteiger partial charge in [-0.1, -0.05) is 13.3 Å². The van der Waals surface area contributed by atoms with Crippen LogP contribution < -0.4 is 5.32 Å². The molecule has 0 amide bonds. The van der Waals surface area contributed by atoms with E-state index in [1.165, 1.54) is 31.4 Å². The molecule has 0 unspecified atom stereocenters. The van der Waals surface area contributed by atoms with Crippen LogP contribution in [-0.4, -0.2) is 15.6 Å². The van der Waals surface area contributed by atoms with Crippen LogP contribution in [0.5, 0.6) is 0 Å². The quantitative estimate of drug-likeness (QED) is 0.775. The molecular formula is C12H21N3. The number of aromatic nitrogens is 2. The largest absolute Gasteiger partial charge is 0.331 e. The number of rotatable bonds is 6. The van der Waals surface area contributed by atoms with Crippen LogP contribution in [0.15, 0.2) is 6.20 Å². The van der Waals surface area contributed by atoms with Gasteiger partial charge in [0, 0.05) is 25.3 Å². The zero-order valence-corrected chi connectivity index (χ0v) is 9.79. The van der Waals surface area contributed by atoms with E-state index in [1.54, 1.807) is 0 Å². The van der Waals surface area contributed by atoms with Crippen LogP contribution in [0.1, 0.15) is 44.1 Å². The van der Waals surface area contributed by atoms with E-state index < -0.39 is 0 Å². The number of nitrogens with zero attached hydrogens (tertiary/aromatic N) is 2. The van der Waals surface area contributed by atoms with Gasteiger partial charge in [0.1, 0.15) is 5.82 Å². The Labute approximate surface area is 91.9 Å². The molecule has 1 aliphatic carbocycles. The van der Waals surface area contributed by atoms with Crippen molar-refractivity contribution >= 4 is 0 Å². The van der Waals surface area contributed by atoms with Gasteiger partial charge in [-0.2, -0.15) is 0 Å². The SMILES string of the molecule is CCCCn1c(CNC2CC2)cnc1C. The summed E-state index contributed by atoms with van der Waals surface area (Å²) in [5, 5.41) is 3.54. The molecule has 0 aliphatic heterocycles. The van der Waals surface area contributed by atoms with Gasteiger partial charge in [0.25, 0.3) is 0 Å². The first-order valence-corrected chi connectivity index (χ1v) is 6.05. The minimum Gasteiger partial charge on any atom is -0.331 e. The topological polar surface area (TPSA) is 29.9 Å². The Kier molecular flexibility index (Phi) is 3.41. The van der Waals surface area contributed by atoms with Crippen molar-refractivity contribution in [3.63, 3.8) is 0 Å². The maximum Gasteiger partial charge on any atom is 0.105 e. The fraction of sp³-hybridized carbons (Fsp3) is 0.750. The lowest BCUT2D eigenvalue weighted by molar-refractivity contribution is 0.568. The first-order valence-electron chi connectivity index (χ1n) is 6.05. The van der Waals surface area contributed by atoms with Crippen molar-refractivity contribution in [3.8, 4) is 0 Å². The van der Waals surface area contributed by atoms with E-state index in [4.69, 9.17) is 0 Å². The molecule has 3 nitrogen and oxygen atoms in total. The average molecular weight is 207 g/mol. The van der Waals surface area contributed by atoms with Gasteiger partial charge in [0.15, 0.2) is 0 Å². The molecule has 0 atom stereocenters. The van der Waals surface area contributed by atoms with Crippen LogP contribution in [0.2, 0.25) is 0 Å². The highest BCUT2D eigenvalue weighted by Gasteiger charge is 2.20. The lowest BCUT2D eigenvalue weighted by Gasteiger charge is -2.10. The standard InChI is InChI=1S/C12H21N3/c1-3-4-7-15-10(2)13-8-12(15)9-14-11-5-6-11/h8,11,14H,3-7,9H2,1-2H3. The van der Waals surface area contributed by atoms with Gasteiger partial charge in [-0.25, -0.2) is 4.98 Å². The van der Waals surface area contributed by atoms with E-state index in [9.17, 15) is 0 Å². The zero-order valence-electron chi connectivity index (χ0n) is 9.79. The second-order valence-corrected chi connectivity index (χ2v) is 4.46. The van der Waals surface area contributed by atoms with E-state index in [1.807, 2.05) is 6.20 Å². The van der Waals surface area contributed by atoms with Crippen LogP contribution in [0.3, 0.4) is 0 Å². The molecule has 0 bridgehead atoms. The Bertz CT molecular complexity index is 313. The fourth-order valence-electron chi connectivity index (χ4n) is 1.81. The minimum atomic E-state index is 0.778. The monoisotopic (exact) mass is 207 g/mol. The summed E-state index contributed by atoms with van der Waals surface area (Å²) in [6.45, 7) is 6.42. The van der Waals surface area contributed by atoms with Crippen molar-refractivity contribution in [3.05, 3.63) is 17.7 Å². The predicted octanol–water partition coefficient (Wildman–Crippen LogP) is 2.24. The predicted molar refractivity (Wildman–Crippen MR) is 61.7 cm³/mol. The first kappa shape index (κ1) is 10.7. The summed E-state index contributed by atoms with van der Waals surface area (Å²) >= 11 is 0. The molecule has 2 rings (SSSR count). The lowest BCUT2D eigenvalue weighted by Crippen LogP contribution is -2.18. The van der Waals surface area contributed by atoms with Crippen LogP contribution >= 0.6 is 0 Å². The van der Waals surface area contributed by atoms with Crippen LogP contribution in [0.4, 0.5) is 0 Å². The highest BCUT2D eigenvalue weighted by molar-refractivity contribution is 5.05. The van der Waals surface area contributed by atoms with Crippen molar-refractivity contribution in [2.45, 2.75) is 58.7 Å². The molecule has 0 aromatic carbocycles. The van der Waals surface area contributed by atoms with E-state index >= 15 is 0 Å². The maximum absolute atomic E-state index is 4.39. The van der Waals surface area contributed by atoms with Gasteiger partial charge >= 0.3 is 0 Å². The van der Waals surface area contributed by atoms with E-state index in [0.717, 1.165) is 25.0 Å². The highest BCUT2D eigenvalue weighted by atomic mass is 15.1. The molecule has 3 heteroatoms. The third-order valence-electron chi connectivity index (χ3n) is 3.02. The summed E-state index contributed by atoms with van der Waals surface area (Å²) in [5.41, 5.74) is 1.34. The summed E-state index contributed by atoms with van der Waals surface area (Å²) in [5.74, 6) is 1.15. The Balaban J connectivity index is 1.94. The highest BCUT2D eigenvalue weighted by Crippen LogP contribution is 2.19. The summed E-state index contributed by atoms with van der Waals surface area (Å²) in [7, 11) is 0. The molecular weight excluding hydrogens is 186 g/mol. The van der Waals surface area contributed by atoms with Gasteiger partial charge < -0.3 is 9.88 Å². The van der Waals surface area contributed by atoms with Gasteiger partial charge in [-0.05, 0) is 26.2 Å². The molecule has 1 aliphatic rings. The summed E-state index contributed by atoms with van der Waals surface area (Å²) in [6, 6.07) is 0.778. The number of aryl methyl sites for hydroxylation is 1. The van der Waals surface area contributed by atoms with Gasteiger partial charge in [-0.15, -0.1) is 0 Å². The van der Waals surface area contributed by atoms with Crippen LogP contribution in [0.25, 0.3) is 0 Å². The molecule has 1 aromatic rings. The van der Waals surface area contributed by atoms with Crippen molar-refractivity contribution in [1.29, 1.82) is 0 Å². The third kappa shape index (κ3) is 2.81. The van der Waals surface area contributed by atoms with Crippen molar-refractivity contribution < 1.29 is 0 Å². The number of hydrogen-bond donors (Lipinski definition) is 1. The van der Waals surface area contributed by atoms with Crippen LogP contribution in [0, 0.1) is 6.92 Å². The molecule has 1 heterocycles. The minimum absolute atomic E-state index is 0.778. The normalized spacial score (nSPS) is 15.9. The first-order chi connectivity index (χ1) is 7.31. The second-order valence-electron chi connectivity index (χ2n) is 4.46. The van der Waals surface area contributed by atoms with Crippen LogP contribution in [-0.2, 0) is 13.1 Å². The molecule has 1 saturated carbocycles. The van der Waals surface area contributed by atoms with Crippen molar-refractivity contribution in [2.24, 2.45) is 0 Å². The van der Waals surface area contributed by atoms with E-state index in [0.29, 0.717) is 0 Å². The zero-order chi connectivity index (χ0) is 10.7. The summed E-state index contributed by atoms with van der Waals surface area (Å²) in [6.07, 6.45) is 7.20. The average Bonchev–Trinajstić information content (AvgIpc) is 2.99. The number of hydrogen-bond acceptors (Lipinski definition) is 2.